The zero-order valence-corrected chi connectivity index (χ0v) is 18.8. The van der Waals surface area contributed by atoms with Crippen LogP contribution in [0.15, 0.2) is 54.7 Å². The zero-order valence-electron chi connectivity index (χ0n) is 18.8. The van der Waals surface area contributed by atoms with Gasteiger partial charge in [-0.2, -0.15) is 18.9 Å². The fraction of sp³-hybridized carbons (Fsp3) is 0.160. The number of benzene rings is 1. The van der Waals surface area contributed by atoms with E-state index in [0.717, 1.165) is 55.0 Å². The van der Waals surface area contributed by atoms with Crippen LogP contribution in [0.2, 0.25) is 0 Å². The molecule has 1 amide bonds. The number of carbonyl (C=O) groups excluding carboxylic acids is 1. The second-order valence-corrected chi connectivity index (χ2v) is 8.44. The Hall–Kier alpha value is -4.54. The lowest BCUT2D eigenvalue weighted by molar-refractivity contribution is 0.102. The number of anilines is 1. The van der Waals surface area contributed by atoms with Crippen LogP contribution in [0.5, 0.6) is 0 Å². The maximum atomic E-state index is 13.5. The van der Waals surface area contributed by atoms with Crippen LogP contribution in [0.25, 0.3) is 28.3 Å². The Morgan fingerprint density at radius 1 is 0.917 bits per heavy atom. The molecule has 0 atom stereocenters. The van der Waals surface area contributed by atoms with E-state index in [-0.39, 0.29) is 17.2 Å². The molecule has 0 aliphatic carbocycles. The van der Waals surface area contributed by atoms with E-state index in [1.165, 1.54) is 22.8 Å². The van der Waals surface area contributed by atoms with E-state index in [0.29, 0.717) is 17.0 Å². The predicted octanol–water partition coefficient (Wildman–Crippen LogP) is 4.66. The van der Waals surface area contributed by atoms with Gasteiger partial charge in [-0.3, -0.25) is 4.79 Å². The highest BCUT2D eigenvalue weighted by atomic mass is 19.1. The van der Waals surface area contributed by atoms with Gasteiger partial charge in [-0.1, -0.05) is 0 Å². The number of carbonyl (C=O) groups is 1. The highest BCUT2D eigenvalue weighted by Gasteiger charge is 2.23. The molecule has 5 heterocycles. The number of hydrogen-bond donors (Lipinski definition) is 1. The van der Waals surface area contributed by atoms with Crippen molar-refractivity contribution in [3.05, 3.63) is 83.8 Å². The van der Waals surface area contributed by atoms with E-state index in [1.807, 2.05) is 6.07 Å². The Morgan fingerprint density at radius 2 is 1.69 bits per heavy atom. The number of nitrogens with one attached hydrogen (secondary N) is 1. The summed E-state index contributed by atoms with van der Waals surface area (Å²) in [5.74, 6) is -2.13. The Balaban J connectivity index is 1.38. The monoisotopic (exact) mass is 489 g/mol. The molecule has 1 aliphatic rings. The summed E-state index contributed by atoms with van der Waals surface area (Å²) in [6, 6.07) is 11.4. The molecule has 1 N–H and O–H groups in total. The fourth-order valence-corrected chi connectivity index (χ4v) is 4.41. The minimum atomic E-state index is -1.09. The van der Waals surface area contributed by atoms with Crippen LogP contribution in [0.3, 0.4) is 0 Å². The average molecular weight is 489 g/mol. The number of halogens is 3. The van der Waals surface area contributed by atoms with E-state index in [9.17, 15) is 18.0 Å². The van der Waals surface area contributed by atoms with Crippen molar-refractivity contribution in [3.8, 4) is 22.6 Å². The molecule has 0 spiro atoms. The third kappa shape index (κ3) is 3.98. The van der Waals surface area contributed by atoms with E-state index < -0.39 is 17.8 Å². The van der Waals surface area contributed by atoms with Crippen LogP contribution in [0, 0.1) is 17.7 Å². The smallest absolute Gasteiger partial charge is 0.257 e. The molecule has 0 saturated carbocycles. The third-order valence-electron chi connectivity index (χ3n) is 6.03. The first-order valence-electron chi connectivity index (χ1n) is 11.3. The van der Waals surface area contributed by atoms with Crippen molar-refractivity contribution < 1.29 is 18.0 Å². The molecular weight excluding hydrogens is 471 g/mol. The van der Waals surface area contributed by atoms with E-state index in [2.05, 4.69) is 19.9 Å². The van der Waals surface area contributed by atoms with Gasteiger partial charge in [-0.25, -0.2) is 18.9 Å². The van der Waals surface area contributed by atoms with Gasteiger partial charge in [0.05, 0.1) is 17.6 Å². The van der Waals surface area contributed by atoms with Crippen LogP contribution in [-0.4, -0.2) is 35.0 Å². The first-order valence-corrected chi connectivity index (χ1v) is 11.3. The van der Waals surface area contributed by atoms with E-state index >= 15 is 0 Å². The van der Waals surface area contributed by atoms with Crippen molar-refractivity contribution in [2.45, 2.75) is 25.8 Å². The molecule has 5 aromatic rings. The Labute approximate surface area is 202 Å². The maximum Gasteiger partial charge on any atom is 0.257 e. The molecule has 0 fully saturated rings. The van der Waals surface area contributed by atoms with E-state index in [1.54, 1.807) is 18.2 Å². The standard InChI is InChI=1S/C25H18F3N7O/c26-16-6-4-14(5-7-16)23-24(34-10-2-1-3-21(34)32-23)17-8-9-22-30-20(13-35(22)33-17)31-25(36)15-11-18(27)29-19(28)12-15/h4-9,11-13H,1-3,10H2,(H,31,36). The van der Waals surface area contributed by atoms with Gasteiger partial charge in [0.2, 0.25) is 11.9 Å². The van der Waals surface area contributed by atoms with Crippen molar-refractivity contribution in [3.63, 3.8) is 0 Å². The number of hydrogen-bond acceptors (Lipinski definition) is 5. The van der Waals surface area contributed by atoms with Gasteiger partial charge in [0.25, 0.3) is 5.91 Å². The summed E-state index contributed by atoms with van der Waals surface area (Å²) < 4.78 is 44.0. The molecule has 1 aromatic carbocycles. The quantitative estimate of drug-likeness (QED) is 0.371. The third-order valence-corrected chi connectivity index (χ3v) is 6.03. The second kappa shape index (κ2) is 8.59. The summed E-state index contributed by atoms with van der Waals surface area (Å²) in [5, 5.41) is 7.22. The lowest BCUT2D eigenvalue weighted by atomic mass is 10.1. The molecular formula is C25H18F3N7O. The van der Waals surface area contributed by atoms with Gasteiger partial charge in [-0.15, -0.1) is 0 Å². The number of nitrogens with zero attached hydrogens (tertiary/aromatic N) is 6. The largest absolute Gasteiger partial charge is 0.326 e. The fourth-order valence-electron chi connectivity index (χ4n) is 4.41. The van der Waals surface area contributed by atoms with Crippen LogP contribution >= 0.6 is 0 Å². The van der Waals surface area contributed by atoms with Crippen molar-refractivity contribution >= 4 is 17.4 Å². The van der Waals surface area contributed by atoms with Crippen LogP contribution in [0.4, 0.5) is 19.0 Å². The highest BCUT2D eigenvalue weighted by Crippen LogP contribution is 2.34. The normalized spacial score (nSPS) is 13.1. The number of fused-ring (bicyclic) bond motifs is 2. The molecule has 36 heavy (non-hydrogen) atoms. The Morgan fingerprint density at radius 3 is 2.47 bits per heavy atom. The van der Waals surface area contributed by atoms with Crippen LogP contribution in [-0.2, 0) is 13.0 Å². The molecule has 1 aliphatic heterocycles. The summed E-state index contributed by atoms with van der Waals surface area (Å²) in [6.07, 6.45) is 4.41. The summed E-state index contributed by atoms with van der Waals surface area (Å²) in [6.45, 7) is 0.795. The number of imidazole rings is 2. The number of aromatic nitrogens is 6. The van der Waals surface area contributed by atoms with Gasteiger partial charge < -0.3 is 9.88 Å². The molecule has 0 bridgehead atoms. The van der Waals surface area contributed by atoms with Gasteiger partial charge >= 0.3 is 0 Å². The topological polar surface area (TPSA) is 90.0 Å². The molecule has 6 rings (SSSR count). The lowest BCUT2D eigenvalue weighted by Gasteiger charge is -2.16. The molecule has 0 radical (unpaired) electrons. The second-order valence-electron chi connectivity index (χ2n) is 8.44. The SMILES string of the molecule is O=C(Nc1cn2nc(-c3c(-c4ccc(F)cc4)nc4n3CCCC4)ccc2n1)c1cc(F)nc(F)c1. The number of aryl methyl sites for hydroxylation is 1. The Kier molecular flexibility index (Phi) is 5.24. The van der Waals surface area contributed by atoms with Crippen molar-refractivity contribution in [1.82, 2.24) is 29.1 Å². The lowest BCUT2D eigenvalue weighted by Crippen LogP contribution is -2.13. The van der Waals surface area contributed by atoms with E-state index in [4.69, 9.17) is 10.1 Å². The first kappa shape index (κ1) is 22.0. The molecule has 11 heteroatoms. The van der Waals surface area contributed by atoms with Gasteiger partial charge in [0.1, 0.15) is 17.3 Å². The van der Waals surface area contributed by atoms with Crippen molar-refractivity contribution in [2.75, 3.05) is 5.32 Å². The van der Waals surface area contributed by atoms with Crippen molar-refractivity contribution in [1.29, 1.82) is 0 Å². The zero-order chi connectivity index (χ0) is 24.8. The maximum absolute atomic E-state index is 13.5. The van der Waals surface area contributed by atoms with Gasteiger partial charge in [-0.05, 0) is 49.2 Å². The number of pyridine rings is 1. The van der Waals surface area contributed by atoms with Gasteiger partial charge in [0, 0.05) is 36.2 Å². The minimum Gasteiger partial charge on any atom is -0.326 e. The minimum absolute atomic E-state index is 0.163. The predicted molar refractivity (Wildman–Crippen MR) is 125 cm³/mol. The Bertz CT molecular complexity index is 1600. The first-order chi connectivity index (χ1) is 17.4. The molecule has 4 aromatic heterocycles. The summed E-state index contributed by atoms with van der Waals surface area (Å²) in [5.41, 5.74) is 3.19. The average Bonchev–Trinajstić information content (AvgIpc) is 3.44. The highest BCUT2D eigenvalue weighted by molar-refractivity contribution is 6.03. The summed E-state index contributed by atoms with van der Waals surface area (Å²) in [4.78, 5) is 24.6. The number of rotatable bonds is 4. The van der Waals surface area contributed by atoms with Crippen molar-refractivity contribution in [2.24, 2.45) is 0 Å². The molecule has 0 saturated heterocycles. The van der Waals surface area contributed by atoms with Crippen LogP contribution < -0.4 is 5.32 Å². The summed E-state index contributed by atoms with van der Waals surface area (Å²) >= 11 is 0. The van der Waals surface area contributed by atoms with Gasteiger partial charge in [0.15, 0.2) is 11.5 Å². The molecule has 8 nitrogen and oxygen atoms in total. The molecule has 180 valence electrons. The van der Waals surface area contributed by atoms with Crippen LogP contribution in [0.1, 0.15) is 29.0 Å². The molecule has 0 unspecified atom stereocenters. The number of amides is 1. The summed E-state index contributed by atoms with van der Waals surface area (Å²) in [7, 11) is 0.